The molecular weight excluding hydrogens is 546 g/mol. The van der Waals surface area contributed by atoms with Gasteiger partial charge >= 0.3 is 0 Å². The van der Waals surface area contributed by atoms with Crippen LogP contribution in [0.5, 0.6) is 0 Å². The Labute approximate surface area is 251 Å². The molecule has 0 heterocycles. The van der Waals surface area contributed by atoms with E-state index in [1.54, 1.807) is 35.2 Å². The summed E-state index contributed by atoms with van der Waals surface area (Å²) in [5.41, 5.74) is 5.03. The van der Waals surface area contributed by atoms with Gasteiger partial charge in [0.2, 0.25) is 11.8 Å². The molecular formula is C34H43N3O4S. The molecule has 7 nitrogen and oxygen atoms in total. The fourth-order valence-electron chi connectivity index (χ4n) is 5.69. The zero-order valence-corrected chi connectivity index (χ0v) is 26.2. The van der Waals surface area contributed by atoms with Crippen LogP contribution < -0.4 is 9.62 Å². The van der Waals surface area contributed by atoms with E-state index in [1.165, 1.54) is 4.31 Å². The fraction of sp³-hybridized carbons (Fsp3) is 0.412. The van der Waals surface area contributed by atoms with Gasteiger partial charge in [-0.2, -0.15) is 0 Å². The SMILES string of the molecule is CC[C@H](C(=O)NC1CCCC1)N(Cc1ccccc1C)C(=O)CN(c1ccc(C)cc1C)S(=O)(=O)c1ccc(C)cc1. The Balaban J connectivity index is 1.75. The predicted octanol–water partition coefficient (Wildman–Crippen LogP) is 5.98. The normalized spacial score (nSPS) is 14.4. The minimum absolute atomic E-state index is 0.107. The summed E-state index contributed by atoms with van der Waals surface area (Å²) >= 11 is 0. The lowest BCUT2D eigenvalue weighted by molar-refractivity contribution is -0.140. The lowest BCUT2D eigenvalue weighted by Crippen LogP contribution is -2.53. The number of anilines is 1. The highest BCUT2D eigenvalue weighted by Gasteiger charge is 2.35. The molecule has 3 aromatic rings. The summed E-state index contributed by atoms with van der Waals surface area (Å²) in [4.78, 5) is 29.6. The zero-order valence-electron chi connectivity index (χ0n) is 25.4. The van der Waals surface area contributed by atoms with Gasteiger partial charge in [0, 0.05) is 12.6 Å². The van der Waals surface area contributed by atoms with Crippen molar-refractivity contribution in [3.63, 3.8) is 0 Å². The summed E-state index contributed by atoms with van der Waals surface area (Å²) in [6.45, 7) is 9.32. The zero-order chi connectivity index (χ0) is 30.4. The Bertz CT molecular complexity index is 1510. The van der Waals surface area contributed by atoms with Crippen LogP contribution in [-0.2, 0) is 26.2 Å². The maximum atomic E-state index is 14.3. The molecule has 1 aliphatic carbocycles. The second-order valence-corrected chi connectivity index (χ2v) is 13.3. The lowest BCUT2D eigenvalue weighted by atomic mass is 10.1. The Morgan fingerprint density at radius 2 is 1.52 bits per heavy atom. The Morgan fingerprint density at radius 1 is 0.881 bits per heavy atom. The predicted molar refractivity (Wildman–Crippen MR) is 168 cm³/mol. The number of amides is 2. The van der Waals surface area contributed by atoms with Gasteiger partial charge in [0.1, 0.15) is 12.6 Å². The molecule has 1 atom stereocenters. The number of carbonyl (C=O) groups is 2. The highest BCUT2D eigenvalue weighted by atomic mass is 32.2. The van der Waals surface area contributed by atoms with E-state index < -0.39 is 28.5 Å². The van der Waals surface area contributed by atoms with Crippen LogP contribution in [0.2, 0.25) is 0 Å². The minimum atomic E-state index is -4.10. The third kappa shape index (κ3) is 7.21. The lowest BCUT2D eigenvalue weighted by Gasteiger charge is -2.34. The van der Waals surface area contributed by atoms with Gasteiger partial charge in [-0.05, 0) is 81.8 Å². The van der Waals surface area contributed by atoms with E-state index in [2.05, 4.69) is 5.32 Å². The first kappa shape index (κ1) is 31.3. The van der Waals surface area contributed by atoms with E-state index in [9.17, 15) is 18.0 Å². The molecule has 1 aliphatic rings. The van der Waals surface area contributed by atoms with E-state index in [0.717, 1.165) is 53.5 Å². The number of benzene rings is 3. The molecule has 3 aromatic carbocycles. The van der Waals surface area contributed by atoms with Crippen LogP contribution in [0.15, 0.2) is 71.6 Å². The topological polar surface area (TPSA) is 86.8 Å². The third-order valence-electron chi connectivity index (χ3n) is 8.20. The summed E-state index contributed by atoms with van der Waals surface area (Å²) in [5, 5.41) is 3.16. The van der Waals surface area contributed by atoms with Gasteiger partial charge in [0.05, 0.1) is 10.6 Å². The smallest absolute Gasteiger partial charge is 0.264 e. The van der Waals surface area contributed by atoms with E-state index in [-0.39, 0.29) is 23.4 Å². The molecule has 1 fully saturated rings. The largest absolute Gasteiger partial charge is 0.352 e. The number of aryl methyl sites for hydroxylation is 4. The average Bonchev–Trinajstić information content (AvgIpc) is 3.46. The van der Waals surface area contributed by atoms with Crippen LogP contribution in [0.25, 0.3) is 0 Å². The van der Waals surface area contributed by atoms with E-state index in [1.807, 2.05) is 71.0 Å². The minimum Gasteiger partial charge on any atom is -0.352 e. The molecule has 0 saturated heterocycles. The third-order valence-corrected chi connectivity index (χ3v) is 9.97. The van der Waals surface area contributed by atoms with Crippen molar-refractivity contribution in [1.29, 1.82) is 0 Å². The molecule has 0 spiro atoms. The van der Waals surface area contributed by atoms with Crippen LogP contribution in [-0.4, -0.2) is 43.8 Å². The van der Waals surface area contributed by atoms with Crippen molar-refractivity contribution in [3.8, 4) is 0 Å². The number of carbonyl (C=O) groups excluding carboxylic acids is 2. The van der Waals surface area contributed by atoms with Crippen molar-refractivity contribution >= 4 is 27.5 Å². The number of hydrogen-bond acceptors (Lipinski definition) is 4. The van der Waals surface area contributed by atoms with E-state index in [4.69, 9.17) is 0 Å². The summed E-state index contributed by atoms with van der Waals surface area (Å²) < 4.78 is 29.5. The quantitative estimate of drug-likeness (QED) is 0.298. The molecule has 4 rings (SSSR count). The Morgan fingerprint density at radius 3 is 2.14 bits per heavy atom. The second kappa shape index (κ2) is 13.6. The van der Waals surface area contributed by atoms with E-state index in [0.29, 0.717) is 12.1 Å². The van der Waals surface area contributed by atoms with Crippen LogP contribution >= 0.6 is 0 Å². The van der Waals surface area contributed by atoms with Gasteiger partial charge in [-0.25, -0.2) is 8.42 Å². The van der Waals surface area contributed by atoms with Crippen molar-refractivity contribution < 1.29 is 18.0 Å². The number of sulfonamides is 1. The number of rotatable bonds is 11. The molecule has 0 aliphatic heterocycles. The second-order valence-electron chi connectivity index (χ2n) is 11.5. The highest BCUT2D eigenvalue weighted by Crippen LogP contribution is 2.29. The molecule has 0 aromatic heterocycles. The number of hydrogen-bond donors (Lipinski definition) is 1. The summed E-state index contributed by atoms with van der Waals surface area (Å²) in [6.07, 6.45) is 4.43. The maximum Gasteiger partial charge on any atom is 0.264 e. The molecule has 224 valence electrons. The Hall–Kier alpha value is -3.65. The molecule has 1 saturated carbocycles. The Kier molecular flexibility index (Phi) is 10.1. The molecule has 0 radical (unpaired) electrons. The van der Waals surface area contributed by atoms with Gasteiger partial charge in [-0.15, -0.1) is 0 Å². The van der Waals surface area contributed by atoms with Crippen molar-refractivity contribution in [2.75, 3.05) is 10.8 Å². The standard InChI is InChI=1S/C34H43N3O4S/c1-6-31(34(39)35-29-13-9-10-14-29)36(22-28-12-8-7-11-26(28)4)33(38)23-37(32-20-17-25(3)21-27(32)5)42(40,41)30-18-15-24(2)16-19-30/h7-8,11-12,15-21,29,31H,6,9-10,13-14,22-23H2,1-5H3,(H,35,39)/t31-/m1/s1. The summed E-state index contributed by atoms with van der Waals surface area (Å²) in [5.74, 6) is -0.617. The first-order chi connectivity index (χ1) is 20.0. The van der Waals surface area contributed by atoms with Gasteiger partial charge < -0.3 is 10.2 Å². The number of nitrogens with one attached hydrogen (secondary N) is 1. The first-order valence-electron chi connectivity index (χ1n) is 14.8. The number of nitrogens with zero attached hydrogens (tertiary/aromatic N) is 2. The van der Waals surface area contributed by atoms with Gasteiger partial charge in [-0.1, -0.05) is 79.4 Å². The van der Waals surface area contributed by atoms with Crippen molar-refractivity contribution in [1.82, 2.24) is 10.2 Å². The van der Waals surface area contributed by atoms with Gasteiger partial charge in [0.25, 0.3) is 10.0 Å². The van der Waals surface area contributed by atoms with Crippen LogP contribution in [0, 0.1) is 27.7 Å². The van der Waals surface area contributed by atoms with Crippen molar-refractivity contribution in [2.24, 2.45) is 0 Å². The molecule has 1 N–H and O–H groups in total. The maximum absolute atomic E-state index is 14.3. The first-order valence-corrected chi connectivity index (χ1v) is 16.3. The van der Waals surface area contributed by atoms with Crippen molar-refractivity contribution in [2.45, 2.75) is 90.2 Å². The van der Waals surface area contributed by atoms with Crippen molar-refractivity contribution in [3.05, 3.63) is 94.5 Å². The molecule has 0 unspecified atom stereocenters. The molecule has 2 amide bonds. The van der Waals surface area contributed by atoms with Crippen LogP contribution in [0.1, 0.15) is 66.8 Å². The van der Waals surface area contributed by atoms with Crippen LogP contribution in [0.3, 0.4) is 0 Å². The van der Waals surface area contributed by atoms with E-state index >= 15 is 0 Å². The summed E-state index contributed by atoms with van der Waals surface area (Å²) in [6, 6.07) is 19.3. The highest BCUT2D eigenvalue weighted by molar-refractivity contribution is 7.92. The molecule has 8 heteroatoms. The van der Waals surface area contributed by atoms with Gasteiger partial charge in [0.15, 0.2) is 0 Å². The molecule has 0 bridgehead atoms. The molecule has 42 heavy (non-hydrogen) atoms. The summed E-state index contributed by atoms with van der Waals surface area (Å²) in [7, 11) is -4.10. The van der Waals surface area contributed by atoms with Gasteiger partial charge in [-0.3, -0.25) is 13.9 Å². The monoisotopic (exact) mass is 589 g/mol. The van der Waals surface area contributed by atoms with Crippen LogP contribution in [0.4, 0.5) is 5.69 Å². The fourth-order valence-corrected chi connectivity index (χ4v) is 7.17. The average molecular weight is 590 g/mol.